The first kappa shape index (κ1) is 19.6. The highest BCUT2D eigenvalue weighted by Crippen LogP contribution is 2.14. The van der Waals surface area contributed by atoms with Crippen LogP contribution in [0, 0.1) is 0 Å². The molecule has 0 spiro atoms. The highest BCUT2D eigenvalue weighted by atomic mass is 32.2. The predicted octanol–water partition coefficient (Wildman–Crippen LogP) is 3.20. The molecule has 0 radical (unpaired) electrons. The number of aromatic nitrogens is 2. The summed E-state index contributed by atoms with van der Waals surface area (Å²) in [6, 6.07) is 20.2. The molecule has 0 unspecified atom stereocenters. The molecule has 0 aliphatic carbocycles. The number of benzene rings is 2. The maximum atomic E-state index is 12.5. The first-order valence-electron chi connectivity index (χ1n) is 9.06. The van der Waals surface area contributed by atoms with E-state index in [1.54, 1.807) is 29.1 Å². The Hall–Kier alpha value is -3.69. The molecule has 1 amide bonds. The van der Waals surface area contributed by atoms with E-state index in [9.17, 15) is 13.2 Å². The van der Waals surface area contributed by atoms with Crippen molar-refractivity contribution < 1.29 is 17.6 Å². The summed E-state index contributed by atoms with van der Waals surface area (Å²) in [6.07, 6.45) is 3.21. The van der Waals surface area contributed by atoms with E-state index in [2.05, 4.69) is 15.1 Å². The molecule has 2 heterocycles. The molecule has 2 aromatic carbocycles. The van der Waals surface area contributed by atoms with Crippen LogP contribution in [0.15, 0.2) is 94.6 Å². The van der Waals surface area contributed by atoms with Crippen LogP contribution in [-0.4, -0.2) is 24.1 Å². The van der Waals surface area contributed by atoms with Gasteiger partial charge in [0.1, 0.15) is 5.76 Å². The first-order chi connectivity index (χ1) is 14.5. The van der Waals surface area contributed by atoms with Gasteiger partial charge in [-0.1, -0.05) is 18.2 Å². The van der Waals surface area contributed by atoms with Gasteiger partial charge in [-0.05, 0) is 48.5 Å². The van der Waals surface area contributed by atoms with Crippen LogP contribution >= 0.6 is 0 Å². The van der Waals surface area contributed by atoms with Crippen molar-refractivity contribution in [2.45, 2.75) is 11.4 Å². The fourth-order valence-electron chi connectivity index (χ4n) is 2.75. The molecule has 0 aliphatic rings. The average molecular weight is 422 g/mol. The maximum absolute atomic E-state index is 12.5. The number of nitrogens with one attached hydrogen (secondary N) is 2. The lowest BCUT2D eigenvalue weighted by Gasteiger charge is -2.07. The number of carbonyl (C=O) groups is 1. The van der Waals surface area contributed by atoms with Crippen LogP contribution < -0.4 is 10.0 Å². The van der Waals surface area contributed by atoms with Crippen molar-refractivity contribution in [2.24, 2.45) is 0 Å². The molecule has 0 atom stereocenters. The summed E-state index contributed by atoms with van der Waals surface area (Å²) in [5.41, 5.74) is 1.18. The number of nitrogens with zero attached hydrogens (tertiary/aromatic N) is 2. The summed E-state index contributed by atoms with van der Waals surface area (Å²) in [4.78, 5) is 12.5. The number of anilines is 1. The minimum absolute atomic E-state index is 0.0433. The maximum Gasteiger partial charge on any atom is 0.256 e. The number of hydrogen-bond donors (Lipinski definition) is 2. The van der Waals surface area contributed by atoms with Gasteiger partial charge in [0, 0.05) is 17.8 Å². The van der Waals surface area contributed by atoms with Gasteiger partial charge in [0.05, 0.1) is 23.4 Å². The van der Waals surface area contributed by atoms with Gasteiger partial charge in [0.2, 0.25) is 10.0 Å². The third-order valence-electron chi connectivity index (χ3n) is 4.29. The number of amides is 1. The van der Waals surface area contributed by atoms with Gasteiger partial charge in [-0.25, -0.2) is 17.8 Å². The first-order valence-corrected chi connectivity index (χ1v) is 10.5. The summed E-state index contributed by atoms with van der Waals surface area (Å²) < 4.78 is 34.0. The van der Waals surface area contributed by atoms with Crippen molar-refractivity contribution in [3.8, 4) is 5.69 Å². The second-order valence-electron chi connectivity index (χ2n) is 6.36. The Morgan fingerprint density at radius 1 is 0.967 bits per heavy atom. The predicted molar refractivity (Wildman–Crippen MR) is 111 cm³/mol. The largest absolute Gasteiger partial charge is 0.468 e. The Bertz CT molecular complexity index is 1230. The van der Waals surface area contributed by atoms with Crippen LogP contribution in [0.4, 0.5) is 5.82 Å². The van der Waals surface area contributed by atoms with Crippen LogP contribution in [0.3, 0.4) is 0 Å². The molecule has 9 heteroatoms. The Kier molecular flexibility index (Phi) is 5.46. The van der Waals surface area contributed by atoms with Crippen LogP contribution in [0.1, 0.15) is 16.1 Å². The molecule has 30 heavy (non-hydrogen) atoms. The van der Waals surface area contributed by atoms with Crippen molar-refractivity contribution in [3.05, 3.63) is 96.6 Å². The minimum atomic E-state index is -3.72. The van der Waals surface area contributed by atoms with E-state index in [1.807, 2.05) is 30.3 Å². The van der Waals surface area contributed by atoms with Crippen molar-refractivity contribution >= 4 is 21.7 Å². The zero-order chi connectivity index (χ0) is 21.0. The normalized spacial score (nSPS) is 11.3. The molecule has 0 saturated carbocycles. The SMILES string of the molecule is O=C(Nc1ccn(-c2ccccc2)n1)c1ccc(S(=O)(=O)NCc2ccco2)cc1. The molecule has 4 rings (SSSR count). The van der Waals surface area contributed by atoms with Gasteiger partial charge in [0.15, 0.2) is 5.82 Å². The van der Waals surface area contributed by atoms with E-state index in [-0.39, 0.29) is 17.3 Å². The molecule has 2 aromatic heterocycles. The Morgan fingerprint density at radius 3 is 2.43 bits per heavy atom. The summed E-state index contributed by atoms with van der Waals surface area (Å²) in [6.45, 7) is 0.0433. The van der Waals surface area contributed by atoms with Crippen LogP contribution in [0.2, 0.25) is 0 Å². The highest BCUT2D eigenvalue weighted by molar-refractivity contribution is 7.89. The molecule has 0 aliphatic heterocycles. The fourth-order valence-corrected chi connectivity index (χ4v) is 3.75. The van der Waals surface area contributed by atoms with Crippen molar-refractivity contribution in [3.63, 3.8) is 0 Å². The lowest BCUT2D eigenvalue weighted by Crippen LogP contribution is -2.23. The number of sulfonamides is 1. The molecule has 8 nitrogen and oxygen atoms in total. The smallest absolute Gasteiger partial charge is 0.256 e. The topological polar surface area (TPSA) is 106 Å². The molecule has 4 aromatic rings. The van der Waals surface area contributed by atoms with Gasteiger partial charge in [-0.3, -0.25) is 4.79 Å². The standard InChI is InChI=1S/C21H18N4O4S/c26-21(23-20-12-13-25(24-20)17-5-2-1-3-6-17)16-8-10-19(11-9-16)30(27,28)22-15-18-7-4-14-29-18/h1-14,22H,15H2,(H,23,24,26). The van der Waals surface area contributed by atoms with E-state index in [0.29, 0.717) is 17.1 Å². The summed E-state index contributed by atoms with van der Waals surface area (Å²) in [7, 11) is -3.72. The van der Waals surface area contributed by atoms with E-state index >= 15 is 0 Å². The van der Waals surface area contributed by atoms with Crippen molar-refractivity contribution in [1.82, 2.24) is 14.5 Å². The number of rotatable bonds is 7. The number of para-hydroxylation sites is 1. The zero-order valence-corrected chi connectivity index (χ0v) is 16.5. The fraction of sp³-hybridized carbons (Fsp3) is 0.0476. The third kappa shape index (κ3) is 4.48. The summed E-state index contributed by atoms with van der Waals surface area (Å²) in [5.74, 6) is 0.506. The van der Waals surface area contributed by atoms with Crippen molar-refractivity contribution in [2.75, 3.05) is 5.32 Å². The molecular weight excluding hydrogens is 404 g/mol. The number of furan rings is 1. The molecule has 0 fully saturated rings. The summed E-state index contributed by atoms with van der Waals surface area (Å²) in [5, 5.41) is 7.02. The Morgan fingerprint density at radius 2 is 1.73 bits per heavy atom. The molecule has 0 saturated heterocycles. The zero-order valence-electron chi connectivity index (χ0n) is 15.7. The van der Waals surface area contributed by atoms with Gasteiger partial charge in [0.25, 0.3) is 5.91 Å². The van der Waals surface area contributed by atoms with Crippen LogP contribution in [0.25, 0.3) is 5.69 Å². The van der Waals surface area contributed by atoms with E-state index in [1.165, 1.54) is 30.5 Å². The quantitative estimate of drug-likeness (QED) is 0.476. The van der Waals surface area contributed by atoms with E-state index in [4.69, 9.17) is 4.42 Å². The van der Waals surface area contributed by atoms with Gasteiger partial charge < -0.3 is 9.73 Å². The van der Waals surface area contributed by atoms with Crippen LogP contribution in [0.5, 0.6) is 0 Å². The van der Waals surface area contributed by atoms with Gasteiger partial charge in [-0.15, -0.1) is 0 Å². The molecule has 0 bridgehead atoms. The minimum Gasteiger partial charge on any atom is -0.468 e. The monoisotopic (exact) mass is 422 g/mol. The van der Waals surface area contributed by atoms with Gasteiger partial charge in [-0.2, -0.15) is 5.10 Å². The van der Waals surface area contributed by atoms with E-state index in [0.717, 1.165) is 5.69 Å². The summed E-state index contributed by atoms with van der Waals surface area (Å²) >= 11 is 0. The lowest BCUT2D eigenvalue weighted by molar-refractivity contribution is 0.102. The van der Waals surface area contributed by atoms with Gasteiger partial charge >= 0.3 is 0 Å². The highest BCUT2D eigenvalue weighted by Gasteiger charge is 2.16. The second kappa shape index (κ2) is 8.36. The molecular formula is C21H18N4O4S. The van der Waals surface area contributed by atoms with Crippen LogP contribution in [-0.2, 0) is 16.6 Å². The lowest BCUT2D eigenvalue weighted by atomic mass is 10.2. The number of carbonyl (C=O) groups excluding carboxylic acids is 1. The Balaban J connectivity index is 1.41. The molecule has 2 N–H and O–H groups in total. The third-order valence-corrected chi connectivity index (χ3v) is 5.71. The average Bonchev–Trinajstić information content (AvgIpc) is 3.45. The molecule has 152 valence electrons. The Labute approximate surface area is 173 Å². The number of hydrogen-bond acceptors (Lipinski definition) is 5. The second-order valence-corrected chi connectivity index (χ2v) is 8.13. The van der Waals surface area contributed by atoms with E-state index < -0.39 is 10.0 Å². The van der Waals surface area contributed by atoms with Crippen molar-refractivity contribution in [1.29, 1.82) is 0 Å².